The molecule has 2 rings (SSSR count). The molecule has 3 atom stereocenters. The summed E-state index contributed by atoms with van der Waals surface area (Å²) in [6, 6.07) is 9.50. The molecule has 1 saturated heterocycles. The average molecular weight is 276 g/mol. The topological polar surface area (TPSA) is 24.5 Å². The number of piperidine rings is 1. The predicted molar refractivity (Wildman–Crippen MR) is 84.4 cm³/mol. The number of hydrogen-bond donors (Lipinski definition) is 1. The van der Waals surface area contributed by atoms with E-state index in [1.54, 1.807) is 7.11 Å². The van der Waals surface area contributed by atoms with Crippen molar-refractivity contribution in [1.82, 2.24) is 10.2 Å². The zero-order valence-corrected chi connectivity index (χ0v) is 13.2. The molecule has 3 nitrogen and oxygen atoms in total. The highest BCUT2D eigenvalue weighted by Crippen LogP contribution is 2.22. The first-order chi connectivity index (χ1) is 9.61. The lowest BCUT2D eigenvalue weighted by Crippen LogP contribution is -2.50. The fourth-order valence-electron chi connectivity index (χ4n) is 3.13. The van der Waals surface area contributed by atoms with Gasteiger partial charge in [-0.1, -0.05) is 25.1 Å². The van der Waals surface area contributed by atoms with Gasteiger partial charge in [0.1, 0.15) is 5.75 Å². The van der Waals surface area contributed by atoms with Crippen molar-refractivity contribution >= 4 is 0 Å². The van der Waals surface area contributed by atoms with Crippen molar-refractivity contribution in [2.75, 3.05) is 27.2 Å². The lowest BCUT2D eigenvalue weighted by Gasteiger charge is -2.38. The van der Waals surface area contributed by atoms with E-state index in [0.717, 1.165) is 31.2 Å². The maximum Gasteiger partial charge on any atom is 0.122 e. The molecule has 0 bridgehead atoms. The molecule has 0 spiro atoms. The minimum atomic E-state index is 0.517. The van der Waals surface area contributed by atoms with Crippen molar-refractivity contribution in [3.63, 3.8) is 0 Å². The molecular formula is C17H28N2O. The SMILES string of the molecule is COc1ccccc1CC(C)N(C)C1CNCC(C)C1. The molecule has 1 N–H and O–H groups in total. The molecule has 112 valence electrons. The standard InChI is InChI=1S/C17H28N2O/c1-13-9-16(12-18-11-13)19(3)14(2)10-15-7-5-6-8-17(15)20-4/h5-8,13-14,16,18H,9-12H2,1-4H3. The van der Waals surface area contributed by atoms with Crippen LogP contribution in [-0.2, 0) is 6.42 Å². The van der Waals surface area contributed by atoms with Crippen LogP contribution in [0.15, 0.2) is 24.3 Å². The quantitative estimate of drug-likeness (QED) is 0.894. The van der Waals surface area contributed by atoms with E-state index in [1.165, 1.54) is 12.0 Å². The van der Waals surface area contributed by atoms with E-state index in [-0.39, 0.29) is 0 Å². The summed E-state index contributed by atoms with van der Waals surface area (Å²) in [7, 11) is 4.00. The Morgan fingerprint density at radius 2 is 2.10 bits per heavy atom. The number of nitrogens with zero attached hydrogens (tertiary/aromatic N) is 1. The highest BCUT2D eigenvalue weighted by Gasteiger charge is 2.25. The summed E-state index contributed by atoms with van der Waals surface area (Å²) >= 11 is 0. The number of rotatable bonds is 5. The summed E-state index contributed by atoms with van der Waals surface area (Å²) in [5, 5.41) is 3.54. The Bertz CT molecular complexity index is 421. The van der Waals surface area contributed by atoms with Crippen LogP contribution < -0.4 is 10.1 Å². The van der Waals surface area contributed by atoms with E-state index in [0.29, 0.717) is 12.1 Å². The van der Waals surface area contributed by atoms with E-state index in [2.05, 4.69) is 43.2 Å². The van der Waals surface area contributed by atoms with Crippen LogP contribution in [0.4, 0.5) is 0 Å². The molecule has 0 aliphatic carbocycles. The average Bonchev–Trinajstić information content (AvgIpc) is 2.47. The maximum absolute atomic E-state index is 5.46. The second-order valence-corrected chi connectivity index (χ2v) is 6.18. The van der Waals surface area contributed by atoms with Crippen molar-refractivity contribution < 1.29 is 4.74 Å². The third-order valence-electron chi connectivity index (χ3n) is 4.53. The highest BCUT2D eigenvalue weighted by atomic mass is 16.5. The van der Waals surface area contributed by atoms with Gasteiger partial charge in [0.15, 0.2) is 0 Å². The van der Waals surface area contributed by atoms with Gasteiger partial charge in [-0.2, -0.15) is 0 Å². The lowest BCUT2D eigenvalue weighted by atomic mass is 9.95. The van der Waals surface area contributed by atoms with Gasteiger partial charge < -0.3 is 10.1 Å². The Kier molecular flexibility index (Phi) is 5.44. The van der Waals surface area contributed by atoms with Gasteiger partial charge in [-0.25, -0.2) is 0 Å². The van der Waals surface area contributed by atoms with Crippen molar-refractivity contribution in [2.24, 2.45) is 5.92 Å². The number of benzene rings is 1. The van der Waals surface area contributed by atoms with Crippen LogP contribution >= 0.6 is 0 Å². The fraction of sp³-hybridized carbons (Fsp3) is 0.647. The van der Waals surface area contributed by atoms with Crippen molar-refractivity contribution in [2.45, 2.75) is 38.8 Å². The molecule has 1 aromatic rings. The monoisotopic (exact) mass is 276 g/mol. The molecule has 20 heavy (non-hydrogen) atoms. The molecule has 1 aliphatic rings. The van der Waals surface area contributed by atoms with E-state index in [4.69, 9.17) is 4.74 Å². The van der Waals surface area contributed by atoms with Gasteiger partial charge in [-0.3, -0.25) is 4.90 Å². The summed E-state index contributed by atoms with van der Waals surface area (Å²) in [6.45, 7) is 6.91. The van der Waals surface area contributed by atoms with Crippen LogP contribution in [0.3, 0.4) is 0 Å². The van der Waals surface area contributed by atoms with Crippen LogP contribution in [0, 0.1) is 5.92 Å². The van der Waals surface area contributed by atoms with Gasteiger partial charge in [-0.05, 0) is 50.9 Å². The third kappa shape index (κ3) is 3.74. The summed E-state index contributed by atoms with van der Waals surface area (Å²) in [5.74, 6) is 1.78. The molecular weight excluding hydrogens is 248 g/mol. The van der Waals surface area contributed by atoms with Gasteiger partial charge in [-0.15, -0.1) is 0 Å². The Balaban J connectivity index is 1.98. The van der Waals surface area contributed by atoms with Crippen LogP contribution in [0.2, 0.25) is 0 Å². The van der Waals surface area contributed by atoms with Crippen molar-refractivity contribution in [3.05, 3.63) is 29.8 Å². The molecule has 1 aromatic carbocycles. The Hall–Kier alpha value is -1.06. The van der Waals surface area contributed by atoms with Gasteiger partial charge in [0.05, 0.1) is 7.11 Å². The molecule has 3 unspecified atom stereocenters. The number of para-hydroxylation sites is 1. The summed E-state index contributed by atoms with van der Waals surface area (Å²) in [6.07, 6.45) is 2.32. The maximum atomic E-state index is 5.46. The zero-order chi connectivity index (χ0) is 14.5. The second-order valence-electron chi connectivity index (χ2n) is 6.18. The molecule has 3 heteroatoms. The summed E-state index contributed by atoms with van der Waals surface area (Å²) < 4.78 is 5.46. The minimum Gasteiger partial charge on any atom is -0.496 e. The number of hydrogen-bond acceptors (Lipinski definition) is 3. The van der Waals surface area contributed by atoms with Gasteiger partial charge in [0.2, 0.25) is 0 Å². The number of nitrogens with one attached hydrogen (secondary N) is 1. The number of ether oxygens (including phenoxy) is 1. The predicted octanol–water partition coefficient (Wildman–Crippen LogP) is 2.56. The Morgan fingerprint density at radius 1 is 1.35 bits per heavy atom. The molecule has 0 saturated carbocycles. The molecule has 1 fully saturated rings. The van der Waals surface area contributed by atoms with E-state index >= 15 is 0 Å². The van der Waals surface area contributed by atoms with Crippen LogP contribution in [-0.4, -0.2) is 44.2 Å². The van der Waals surface area contributed by atoms with Gasteiger partial charge >= 0.3 is 0 Å². The van der Waals surface area contributed by atoms with Gasteiger partial charge in [0.25, 0.3) is 0 Å². The first-order valence-corrected chi connectivity index (χ1v) is 7.66. The Labute approximate surface area is 123 Å². The minimum absolute atomic E-state index is 0.517. The summed E-state index contributed by atoms with van der Waals surface area (Å²) in [4.78, 5) is 2.52. The molecule has 1 aliphatic heterocycles. The van der Waals surface area contributed by atoms with E-state index < -0.39 is 0 Å². The van der Waals surface area contributed by atoms with E-state index in [9.17, 15) is 0 Å². The first-order valence-electron chi connectivity index (χ1n) is 7.66. The number of likely N-dealkylation sites (N-methyl/N-ethyl adjacent to an activating group) is 1. The normalized spacial score (nSPS) is 24.6. The van der Waals surface area contributed by atoms with E-state index in [1.807, 2.05) is 12.1 Å². The van der Waals surface area contributed by atoms with Crippen LogP contribution in [0.5, 0.6) is 5.75 Å². The zero-order valence-electron chi connectivity index (χ0n) is 13.2. The molecule has 0 amide bonds. The fourth-order valence-corrected chi connectivity index (χ4v) is 3.13. The highest BCUT2D eigenvalue weighted by molar-refractivity contribution is 5.33. The van der Waals surface area contributed by atoms with Gasteiger partial charge in [0, 0.05) is 18.6 Å². The lowest BCUT2D eigenvalue weighted by molar-refractivity contribution is 0.135. The summed E-state index contributed by atoms with van der Waals surface area (Å²) in [5.41, 5.74) is 1.30. The largest absolute Gasteiger partial charge is 0.496 e. The number of methoxy groups -OCH3 is 1. The second kappa shape index (κ2) is 7.09. The third-order valence-corrected chi connectivity index (χ3v) is 4.53. The Morgan fingerprint density at radius 3 is 2.80 bits per heavy atom. The smallest absolute Gasteiger partial charge is 0.122 e. The molecule has 0 radical (unpaired) electrons. The van der Waals surface area contributed by atoms with Crippen LogP contribution in [0.25, 0.3) is 0 Å². The molecule has 1 heterocycles. The molecule has 0 aromatic heterocycles. The first kappa shape index (κ1) is 15.3. The van der Waals surface area contributed by atoms with Crippen LogP contribution in [0.1, 0.15) is 25.8 Å². The van der Waals surface area contributed by atoms with Crippen molar-refractivity contribution in [1.29, 1.82) is 0 Å². The van der Waals surface area contributed by atoms with Crippen molar-refractivity contribution in [3.8, 4) is 5.75 Å².